The van der Waals surface area contributed by atoms with Crippen LogP contribution in [0.2, 0.25) is 5.02 Å². The lowest BCUT2D eigenvalue weighted by Gasteiger charge is -2.10. The average molecular weight is 335 g/mol. The zero-order valence-electron chi connectivity index (χ0n) is 11.5. The minimum atomic E-state index is 0.126. The van der Waals surface area contributed by atoms with Crippen molar-refractivity contribution >= 4 is 44.9 Å². The van der Waals surface area contributed by atoms with Gasteiger partial charge in [0.2, 0.25) is 0 Å². The van der Waals surface area contributed by atoms with E-state index in [2.05, 4.69) is 17.1 Å². The fourth-order valence-corrected chi connectivity index (χ4v) is 4.57. The lowest BCUT2D eigenvalue weighted by Crippen LogP contribution is -2.18. The zero-order chi connectivity index (χ0) is 14.8. The van der Waals surface area contributed by atoms with E-state index in [0.717, 1.165) is 26.2 Å². The Morgan fingerprint density at radius 3 is 2.86 bits per heavy atom. The molecule has 0 saturated heterocycles. The molecular weight excluding hydrogens is 320 g/mol. The first-order chi connectivity index (χ1) is 10.1. The first-order valence-corrected chi connectivity index (χ1v) is 8.70. The molecule has 2 aromatic carbocycles. The predicted molar refractivity (Wildman–Crippen MR) is 92.5 cm³/mol. The van der Waals surface area contributed by atoms with Gasteiger partial charge in [0.1, 0.15) is 0 Å². The highest BCUT2D eigenvalue weighted by atomic mass is 35.5. The summed E-state index contributed by atoms with van der Waals surface area (Å²) in [4.78, 5) is 5.80. The van der Waals surface area contributed by atoms with Crippen LogP contribution >= 0.6 is 34.7 Å². The number of fused-ring (bicyclic) bond motifs is 1. The third kappa shape index (κ3) is 3.58. The van der Waals surface area contributed by atoms with E-state index in [-0.39, 0.29) is 6.04 Å². The van der Waals surface area contributed by atoms with Gasteiger partial charge in [-0.3, -0.25) is 0 Å². The van der Waals surface area contributed by atoms with E-state index >= 15 is 0 Å². The van der Waals surface area contributed by atoms with E-state index in [9.17, 15) is 0 Å². The molecule has 1 aromatic heterocycles. The van der Waals surface area contributed by atoms with Gasteiger partial charge in [-0.15, -0.1) is 11.3 Å². The number of hydrogen-bond donors (Lipinski definition) is 1. The first kappa shape index (κ1) is 14.9. The van der Waals surface area contributed by atoms with Crippen LogP contribution in [0.1, 0.15) is 12.5 Å². The molecule has 2 N–H and O–H groups in total. The molecule has 3 aromatic rings. The van der Waals surface area contributed by atoms with Crippen LogP contribution in [0.3, 0.4) is 0 Å². The molecule has 108 valence electrons. The second kappa shape index (κ2) is 6.36. The zero-order valence-corrected chi connectivity index (χ0v) is 13.9. The normalized spacial score (nSPS) is 12.7. The Morgan fingerprint density at radius 2 is 2.10 bits per heavy atom. The van der Waals surface area contributed by atoms with Crippen molar-refractivity contribution in [3.8, 4) is 0 Å². The summed E-state index contributed by atoms with van der Waals surface area (Å²) in [5.74, 6) is 0. The summed E-state index contributed by atoms with van der Waals surface area (Å²) in [6.07, 6.45) is 0.838. The number of rotatable bonds is 4. The van der Waals surface area contributed by atoms with Crippen molar-refractivity contribution in [2.24, 2.45) is 5.73 Å². The van der Waals surface area contributed by atoms with Crippen molar-refractivity contribution in [3.05, 3.63) is 53.1 Å². The molecule has 0 saturated carbocycles. The van der Waals surface area contributed by atoms with Gasteiger partial charge in [0.25, 0.3) is 0 Å². The van der Waals surface area contributed by atoms with Gasteiger partial charge in [-0.05, 0) is 43.2 Å². The first-order valence-electron chi connectivity index (χ1n) is 6.69. The molecule has 0 radical (unpaired) electrons. The maximum absolute atomic E-state index is 6.14. The molecule has 1 atom stereocenters. The minimum Gasteiger partial charge on any atom is -0.328 e. The van der Waals surface area contributed by atoms with Gasteiger partial charge >= 0.3 is 0 Å². The van der Waals surface area contributed by atoms with Crippen LogP contribution in [0.25, 0.3) is 10.2 Å². The molecule has 0 bridgehead atoms. The molecule has 3 rings (SSSR count). The van der Waals surface area contributed by atoms with Crippen LogP contribution in [0.15, 0.2) is 51.7 Å². The van der Waals surface area contributed by atoms with Crippen molar-refractivity contribution in [3.63, 3.8) is 0 Å². The second-order valence-electron chi connectivity index (χ2n) is 4.98. The summed E-state index contributed by atoms with van der Waals surface area (Å²) in [6, 6.07) is 14.3. The maximum Gasteiger partial charge on any atom is 0.155 e. The standard InChI is InChI=1S/C16H15ClN2S2/c1-10(18)8-11-6-7-12(17)9-15(11)21-16-19-13-4-2-3-5-14(13)20-16/h2-7,9-10H,8,18H2,1H3. The summed E-state index contributed by atoms with van der Waals surface area (Å²) in [5.41, 5.74) is 8.19. The van der Waals surface area contributed by atoms with Crippen molar-refractivity contribution in [1.29, 1.82) is 0 Å². The number of halogens is 1. The van der Waals surface area contributed by atoms with Crippen LogP contribution in [0.4, 0.5) is 0 Å². The van der Waals surface area contributed by atoms with Gasteiger partial charge in [-0.1, -0.05) is 41.6 Å². The molecule has 0 spiro atoms. The SMILES string of the molecule is CC(N)Cc1ccc(Cl)cc1Sc1nc2ccccc2s1. The topological polar surface area (TPSA) is 38.9 Å². The van der Waals surface area contributed by atoms with E-state index in [1.807, 2.05) is 37.3 Å². The van der Waals surface area contributed by atoms with Crippen molar-refractivity contribution in [2.45, 2.75) is 28.6 Å². The number of nitrogens with zero attached hydrogens (tertiary/aromatic N) is 1. The largest absolute Gasteiger partial charge is 0.328 e. The van der Waals surface area contributed by atoms with E-state index in [4.69, 9.17) is 17.3 Å². The van der Waals surface area contributed by atoms with Gasteiger partial charge in [-0.2, -0.15) is 0 Å². The molecule has 21 heavy (non-hydrogen) atoms. The van der Waals surface area contributed by atoms with Gasteiger partial charge in [0, 0.05) is 16.0 Å². The molecular formula is C16H15ClN2S2. The number of nitrogens with two attached hydrogens (primary N) is 1. The van der Waals surface area contributed by atoms with E-state index < -0.39 is 0 Å². The van der Waals surface area contributed by atoms with Crippen LogP contribution in [-0.2, 0) is 6.42 Å². The molecule has 1 heterocycles. The Bertz CT molecular complexity index is 735. The molecule has 2 nitrogen and oxygen atoms in total. The molecule has 0 amide bonds. The van der Waals surface area contributed by atoms with Gasteiger partial charge < -0.3 is 5.73 Å². The second-order valence-corrected chi connectivity index (χ2v) is 7.74. The lowest BCUT2D eigenvalue weighted by molar-refractivity contribution is 0.729. The fourth-order valence-electron chi connectivity index (χ4n) is 2.13. The lowest BCUT2D eigenvalue weighted by atomic mass is 10.1. The Labute approximate surface area is 137 Å². The van der Waals surface area contributed by atoms with Crippen molar-refractivity contribution in [1.82, 2.24) is 4.98 Å². The highest BCUT2D eigenvalue weighted by molar-refractivity contribution is 8.01. The summed E-state index contributed by atoms with van der Waals surface area (Å²) < 4.78 is 2.24. The predicted octanol–water partition coefficient (Wildman–Crippen LogP) is 4.99. The molecule has 0 aliphatic rings. The third-order valence-electron chi connectivity index (χ3n) is 3.04. The molecule has 0 aliphatic carbocycles. The summed E-state index contributed by atoms with van der Waals surface area (Å²) in [6.45, 7) is 2.01. The van der Waals surface area contributed by atoms with E-state index in [1.54, 1.807) is 23.1 Å². The quantitative estimate of drug-likeness (QED) is 0.730. The van der Waals surface area contributed by atoms with Gasteiger partial charge in [0.05, 0.1) is 10.2 Å². The summed E-state index contributed by atoms with van der Waals surface area (Å²) >= 11 is 9.50. The smallest absolute Gasteiger partial charge is 0.155 e. The van der Waals surface area contributed by atoms with Crippen molar-refractivity contribution in [2.75, 3.05) is 0 Å². The third-order valence-corrected chi connectivity index (χ3v) is 5.47. The molecule has 5 heteroatoms. The van der Waals surface area contributed by atoms with Crippen molar-refractivity contribution < 1.29 is 0 Å². The highest BCUT2D eigenvalue weighted by Gasteiger charge is 2.11. The van der Waals surface area contributed by atoms with Crippen LogP contribution < -0.4 is 5.73 Å². The van der Waals surface area contributed by atoms with Crippen LogP contribution in [-0.4, -0.2) is 11.0 Å². The molecule has 0 fully saturated rings. The Balaban J connectivity index is 1.94. The summed E-state index contributed by atoms with van der Waals surface area (Å²) in [5, 5.41) is 0.743. The number of aromatic nitrogens is 1. The van der Waals surface area contributed by atoms with Crippen LogP contribution in [0.5, 0.6) is 0 Å². The number of benzene rings is 2. The molecule has 0 aliphatic heterocycles. The Kier molecular flexibility index (Phi) is 4.50. The Morgan fingerprint density at radius 1 is 1.29 bits per heavy atom. The van der Waals surface area contributed by atoms with E-state index in [1.165, 1.54) is 10.3 Å². The fraction of sp³-hybridized carbons (Fsp3) is 0.188. The van der Waals surface area contributed by atoms with Crippen LogP contribution in [0, 0.1) is 0 Å². The monoisotopic (exact) mass is 334 g/mol. The maximum atomic E-state index is 6.14. The average Bonchev–Trinajstić information content (AvgIpc) is 2.83. The number of thiazole rings is 1. The van der Waals surface area contributed by atoms with Gasteiger partial charge in [-0.25, -0.2) is 4.98 Å². The minimum absolute atomic E-state index is 0.126. The number of para-hydroxylation sites is 1. The molecule has 1 unspecified atom stereocenters. The van der Waals surface area contributed by atoms with E-state index in [0.29, 0.717) is 0 Å². The Hall–Kier alpha value is -1.07. The highest BCUT2D eigenvalue weighted by Crippen LogP contribution is 2.37. The summed E-state index contributed by atoms with van der Waals surface area (Å²) in [7, 11) is 0. The van der Waals surface area contributed by atoms with Gasteiger partial charge in [0.15, 0.2) is 4.34 Å². The number of hydrogen-bond acceptors (Lipinski definition) is 4.